The van der Waals surface area contributed by atoms with Crippen LogP contribution in [-0.2, 0) is 33.1 Å². The van der Waals surface area contributed by atoms with Gasteiger partial charge in [0.05, 0.1) is 13.1 Å². The van der Waals surface area contributed by atoms with E-state index in [1.54, 1.807) is 0 Å². The van der Waals surface area contributed by atoms with Gasteiger partial charge in [0.2, 0.25) is 5.89 Å². The summed E-state index contributed by atoms with van der Waals surface area (Å²) >= 11 is 0. The molecule has 1 aliphatic rings. The van der Waals surface area contributed by atoms with Crippen LogP contribution < -0.4 is 5.32 Å². The van der Waals surface area contributed by atoms with E-state index in [0.29, 0.717) is 24.9 Å². The van der Waals surface area contributed by atoms with Gasteiger partial charge in [-0.2, -0.15) is 0 Å². The number of hydrogen-bond donors (Lipinski definition) is 1. The summed E-state index contributed by atoms with van der Waals surface area (Å²) in [5.41, 5.74) is 2.08. The van der Waals surface area contributed by atoms with Crippen molar-refractivity contribution >= 4 is 0 Å². The first-order chi connectivity index (χ1) is 12.2. The molecule has 0 aliphatic carbocycles. The minimum absolute atomic E-state index is 0.512. The van der Waals surface area contributed by atoms with E-state index in [1.165, 1.54) is 19.3 Å². The highest BCUT2D eigenvalue weighted by molar-refractivity contribution is 5.48. The minimum Gasteiger partial charge on any atom is -0.418 e. The second-order valence-corrected chi connectivity index (χ2v) is 6.52. The lowest BCUT2D eigenvalue weighted by Gasteiger charge is -2.06. The smallest absolute Gasteiger partial charge is 0.264 e. The fourth-order valence-electron chi connectivity index (χ4n) is 3.21. The summed E-state index contributed by atoms with van der Waals surface area (Å²) in [6.07, 6.45) is 4.69. The van der Waals surface area contributed by atoms with Crippen LogP contribution >= 0.6 is 0 Å². The topological polar surface area (TPSA) is 86.6 Å². The molecule has 0 bridgehead atoms. The first-order valence-electron chi connectivity index (χ1n) is 8.79. The largest absolute Gasteiger partial charge is 0.418 e. The van der Waals surface area contributed by atoms with E-state index in [0.717, 1.165) is 36.0 Å². The molecule has 8 nitrogen and oxygen atoms in total. The Labute approximate surface area is 146 Å². The van der Waals surface area contributed by atoms with Gasteiger partial charge in [0.1, 0.15) is 17.3 Å². The van der Waals surface area contributed by atoms with Crippen molar-refractivity contribution < 1.29 is 4.42 Å². The maximum absolute atomic E-state index is 5.77. The molecule has 25 heavy (non-hydrogen) atoms. The van der Waals surface area contributed by atoms with E-state index >= 15 is 0 Å². The molecule has 4 rings (SSSR count). The van der Waals surface area contributed by atoms with Gasteiger partial charge in [-0.25, -0.2) is 0 Å². The SMILES string of the molecule is Cc1ccc(-c2nnc(CNCc3nnc4n3CCCCC4)o2)n1C. The second kappa shape index (κ2) is 6.79. The first kappa shape index (κ1) is 16.0. The molecule has 132 valence electrons. The molecule has 8 heteroatoms. The molecule has 3 aromatic heterocycles. The monoisotopic (exact) mass is 341 g/mol. The number of nitrogens with one attached hydrogen (secondary N) is 1. The highest BCUT2D eigenvalue weighted by Gasteiger charge is 2.15. The van der Waals surface area contributed by atoms with Gasteiger partial charge in [-0.1, -0.05) is 6.42 Å². The Morgan fingerprint density at radius 2 is 2.00 bits per heavy atom. The number of fused-ring (bicyclic) bond motifs is 1. The van der Waals surface area contributed by atoms with E-state index in [4.69, 9.17) is 4.42 Å². The third kappa shape index (κ3) is 3.21. The molecular weight excluding hydrogens is 318 g/mol. The molecule has 1 aliphatic heterocycles. The average molecular weight is 341 g/mol. The van der Waals surface area contributed by atoms with E-state index < -0.39 is 0 Å². The van der Waals surface area contributed by atoms with Crippen molar-refractivity contribution in [1.29, 1.82) is 0 Å². The number of nitrogens with zero attached hydrogens (tertiary/aromatic N) is 6. The molecule has 0 spiro atoms. The molecule has 0 saturated carbocycles. The van der Waals surface area contributed by atoms with Crippen LogP contribution in [0.15, 0.2) is 16.5 Å². The van der Waals surface area contributed by atoms with Crippen LogP contribution in [0.5, 0.6) is 0 Å². The van der Waals surface area contributed by atoms with Gasteiger partial charge >= 0.3 is 0 Å². The van der Waals surface area contributed by atoms with Gasteiger partial charge in [-0.15, -0.1) is 20.4 Å². The normalized spacial score (nSPS) is 14.5. The van der Waals surface area contributed by atoms with Gasteiger partial charge < -0.3 is 18.9 Å². The lowest BCUT2D eigenvalue weighted by Crippen LogP contribution is -2.17. The van der Waals surface area contributed by atoms with Gasteiger partial charge in [-0.05, 0) is 31.9 Å². The Morgan fingerprint density at radius 1 is 1.08 bits per heavy atom. The highest BCUT2D eigenvalue weighted by atomic mass is 16.4. The maximum Gasteiger partial charge on any atom is 0.264 e. The fourth-order valence-corrected chi connectivity index (χ4v) is 3.21. The number of aryl methyl sites for hydroxylation is 2. The molecule has 3 aromatic rings. The molecule has 0 saturated heterocycles. The standard InChI is InChI=1S/C17H23N7O/c1-12-7-8-13(23(12)2)17-22-21-16(25-17)11-18-10-15-20-19-14-6-4-3-5-9-24(14)15/h7-8,18H,3-6,9-11H2,1-2H3. The Kier molecular flexibility index (Phi) is 4.35. The number of rotatable bonds is 5. The fraction of sp³-hybridized carbons (Fsp3) is 0.529. The summed E-state index contributed by atoms with van der Waals surface area (Å²) in [6.45, 7) is 4.22. The van der Waals surface area contributed by atoms with Crippen LogP contribution in [0.2, 0.25) is 0 Å². The Balaban J connectivity index is 1.38. The Morgan fingerprint density at radius 3 is 2.84 bits per heavy atom. The number of aromatic nitrogens is 6. The summed E-state index contributed by atoms with van der Waals surface area (Å²) in [4.78, 5) is 0. The molecular formula is C17H23N7O. The zero-order chi connectivity index (χ0) is 17.2. The third-order valence-corrected chi connectivity index (χ3v) is 4.80. The zero-order valence-electron chi connectivity index (χ0n) is 14.7. The van der Waals surface area contributed by atoms with Gasteiger partial charge in [-0.3, -0.25) is 0 Å². The lowest BCUT2D eigenvalue weighted by molar-refractivity contribution is 0.467. The van der Waals surface area contributed by atoms with E-state index in [2.05, 4.69) is 30.3 Å². The summed E-state index contributed by atoms with van der Waals surface area (Å²) in [5.74, 6) is 3.20. The Hall–Kier alpha value is -2.48. The van der Waals surface area contributed by atoms with Crippen molar-refractivity contribution in [3.05, 3.63) is 35.4 Å². The lowest BCUT2D eigenvalue weighted by atomic mass is 10.2. The first-order valence-corrected chi connectivity index (χ1v) is 8.79. The van der Waals surface area contributed by atoms with Crippen molar-refractivity contribution in [2.24, 2.45) is 7.05 Å². The Bertz CT molecular complexity index is 860. The van der Waals surface area contributed by atoms with Crippen molar-refractivity contribution in [2.45, 2.75) is 52.2 Å². The maximum atomic E-state index is 5.77. The highest BCUT2D eigenvalue weighted by Crippen LogP contribution is 2.20. The molecule has 0 atom stereocenters. The molecule has 1 N–H and O–H groups in total. The van der Waals surface area contributed by atoms with E-state index in [9.17, 15) is 0 Å². The molecule has 4 heterocycles. The third-order valence-electron chi connectivity index (χ3n) is 4.80. The minimum atomic E-state index is 0.512. The summed E-state index contributed by atoms with van der Waals surface area (Å²) in [6, 6.07) is 4.03. The molecule has 0 radical (unpaired) electrons. The van der Waals surface area contributed by atoms with Gasteiger partial charge in [0.15, 0.2) is 0 Å². The average Bonchev–Trinajstić information content (AvgIpc) is 3.25. The summed E-state index contributed by atoms with van der Waals surface area (Å²) < 4.78 is 10.0. The van der Waals surface area contributed by atoms with Crippen LogP contribution in [0.4, 0.5) is 0 Å². The predicted octanol–water partition coefficient (Wildman–Crippen LogP) is 1.99. The van der Waals surface area contributed by atoms with Crippen molar-refractivity contribution in [3.63, 3.8) is 0 Å². The molecule has 0 aromatic carbocycles. The second-order valence-electron chi connectivity index (χ2n) is 6.52. The van der Waals surface area contributed by atoms with Crippen molar-refractivity contribution in [3.8, 4) is 11.6 Å². The van der Waals surface area contributed by atoms with Crippen LogP contribution in [0.3, 0.4) is 0 Å². The molecule has 0 amide bonds. The quantitative estimate of drug-likeness (QED) is 0.764. The van der Waals surface area contributed by atoms with Crippen LogP contribution in [-0.4, -0.2) is 29.5 Å². The van der Waals surface area contributed by atoms with E-state index in [1.807, 2.05) is 30.7 Å². The predicted molar refractivity (Wildman–Crippen MR) is 91.6 cm³/mol. The zero-order valence-corrected chi connectivity index (χ0v) is 14.7. The van der Waals surface area contributed by atoms with Gasteiger partial charge in [0.25, 0.3) is 5.89 Å². The van der Waals surface area contributed by atoms with Crippen LogP contribution in [0, 0.1) is 6.92 Å². The van der Waals surface area contributed by atoms with E-state index in [-0.39, 0.29) is 0 Å². The molecule has 0 fully saturated rings. The van der Waals surface area contributed by atoms with Crippen LogP contribution in [0.25, 0.3) is 11.6 Å². The van der Waals surface area contributed by atoms with Crippen LogP contribution in [0.1, 0.15) is 42.5 Å². The summed E-state index contributed by atoms with van der Waals surface area (Å²) in [5, 5.41) is 20.2. The molecule has 0 unspecified atom stereocenters. The van der Waals surface area contributed by atoms with Gasteiger partial charge in [0, 0.05) is 25.7 Å². The summed E-state index contributed by atoms with van der Waals surface area (Å²) in [7, 11) is 1.99. The van der Waals surface area contributed by atoms with Crippen molar-refractivity contribution in [2.75, 3.05) is 0 Å². The van der Waals surface area contributed by atoms with Crippen molar-refractivity contribution in [1.82, 2.24) is 34.8 Å². The number of hydrogen-bond acceptors (Lipinski definition) is 6.